The Bertz CT molecular complexity index is 1720. The van der Waals surface area contributed by atoms with Gasteiger partial charge in [-0.1, -0.05) is 0 Å². The molecular formula is C34H43FN6O5. The SMILES string of the molecule is COC(=O)[C@@H](OC(C)(C)C)c1c(C)nc2cc3nn2c1N1CCC(C)(CC1)OCCCCOc1ccc(F)cc1Cc1cnn-3c1. The molecule has 4 aromatic rings. The van der Waals surface area contributed by atoms with Gasteiger partial charge in [0.25, 0.3) is 0 Å². The van der Waals surface area contributed by atoms with Crippen molar-refractivity contribution in [1.82, 2.24) is 24.4 Å². The fourth-order valence-corrected chi connectivity index (χ4v) is 6.18. The van der Waals surface area contributed by atoms with Crippen molar-refractivity contribution < 1.29 is 28.1 Å². The second kappa shape index (κ2) is 12.6. The fourth-order valence-electron chi connectivity index (χ4n) is 6.18. The number of halogens is 1. The number of ether oxygens (including phenoxy) is 4. The average Bonchev–Trinajstić information content (AvgIpc) is 3.64. The average molecular weight is 635 g/mol. The summed E-state index contributed by atoms with van der Waals surface area (Å²) in [5, 5.41) is 9.57. The number of benzene rings is 1. The molecule has 3 aliphatic heterocycles. The van der Waals surface area contributed by atoms with E-state index in [1.807, 2.05) is 40.0 Å². The summed E-state index contributed by atoms with van der Waals surface area (Å²) in [6, 6.07) is 6.49. The predicted molar refractivity (Wildman–Crippen MR) is 170 cm³/mol. The standard InChI is InChI=1S/C34H43FN6O5/c1-22-29(30(32(42)43-6)46-33(2,3)4)31-39-13-11-34(5,12-14-39)45-16-8-7-15-44-26-10-9-25(35)18-24(26)17-23-20-36-40(21-23)28-19-27(37-22)41(31)38-28/h9-10,18-21,30H,7-8,11-17H2,1-6H3/t30-/m0/s1. The smallest absolute Gasteiger partial charge is 0.339 e. The van der Waals surface area contributed by atoms with E-state index in [0.29, 0.717) is 61.2 Å². The molecule has 46 heavy (non-hydrogen) atoms. The normalized spacial score (nSPS) is 17.8. The van der Waals surface area contributed by atoms with Crippen LogP contribution in [0.4, 0.5) is 10.2 Å². The van der Waals surface area contributed by atoms with E-state index in [4.69, 9.17) is 29.0 Å². The van der Waals surface area contributed by atoms with Gasteiger partial charge in [0.1, 0.15) is 17.4 Å². The van der Waals surface area contributed by atoms with Crippen molar-refractivity contribution in [2.45, 2.75) is 84.0 Å². The monoisotopic (exact) mass is 634 g/mol. The number of hydrogen-bond donors (Lipinski definition) is 0. The summed E-state index contributed by atoms with van der Waals surface area (Å²) >= 11 is 0. The van der Waals surface area contributed by atoms with E-state index in [9.17, 15) is 9.18 Å². The Balaban J connectivity index is 1.48. The number of aromatic nitrogens is 5. The Morgan fingerprint density at radius 2 is 1.89 bits per heavy atom. The quantitative estimate of drug-likeness (QED) is 0.269. The molecule has 0 saturated carbocycles. The molecule has 1 atom stereocenters. The van der Waals surface area contributed by atoms with Crippen LogP contribution in [0.15, 0.2) is 36.7 Å². The van der Waals surface area contributed by atoms with E-state index in [0.717, 1.165) is 42.6 Å². The van der Waals surface area contributed by atoms with Crippen LogP contribution in [0.3, 0.4) is 0 Å². The zero-order chi connectivity index (χ0) is 32.6. The lowest BCUT2D eigenvalue weighted by Crippen LogP contribution is -2.46. The second-order valence-corrected chi connectivity index (χ2v) is 13.4. The minimum absolute atomic E-state index is 0.298. The number of rotatable bonds is 3. The first-order valence-corrected chi connectivity index (χ1v) is 15.9. The van der Waals surface area contributed by atoms with E-state index in [-0.39, 0.29) is 11.4 Å². The summed E-state index contributed by atoms with van der Waals surface area (Å²) in [6.07, 6.45) is 6.28. The van der Waals surface area contributed by atoms with Crippen LogP contribution in [-0.2, 0) is 25.4 Å². The van der Waals surface area contributed by atoms with Gasteiger partial charge in [0.05, 0.1) is 36.7 Å². The minimum Gasteiger partial charge on any atom is -0.493 e. The largest absolute Gasteiger partial charge is 0.493 e. The van der Waals surface area contributed by atoms with Crippen molar-refractivity contribution in [3.63, 3.8) is 0 Å². The molecule has 0 unspecified atom stereocenters. The molecule has 1 fully saturated rings. The van der Waals surface area contributed by atoms with Crippen molar-refractivity contribution in [1.29, 1.82) is 0 Å². The molecule has 12 heteroatoms. The lowest BCUT2D eigenvalue weighted by Gasteiger charge is -2.41. The van der Waals surface area contributed by atoms with Crippen LogP contribution in [0.25, 0.3) is 11.5 Å². The summed E-state index contributed by atoms with van der Waals surface area (Å²) in [7, 11) is 1.37. The van der Waals surface area contributed by atoms with E-state index in [2.05, 4.69) is 16.9 Å². The Morgan fingerprint density at radius 1 is 1.13 bits per heavy atom. The topological polar surface area (TPSA) is 105 Å². The first kappa shape index (κ1) is 31.9. The Hall–Kier alpha value is -4.03. The summed E-state index contributed by atoms with van der Waals surface area (Å²) < 4.78 is 41.9. The molecule has 3 aromatic heterocycles. The van der Waals surface area contributed by atoms with E-state index >= 15 is 0 Å². The third kappa shape index (κ3) is 6.73. The highest BCUT2D eigenvalue weighted by Gasteiger charge is 2.38. The molecule has 0 N–H and O–H groups in total. The number of esters is 1. The highest BCUT2D eigenvalue weighted by atomic mass is 19.1. The van der Waals surface area contributed by atoms with E-state index in [1.54, 1.807) is 21.5 Å². The summed E-state index contributed by atoms with van der Waals surface area (Å²) in [5.74, 6) is 1.13. The molecule has 0 spiro atoms. The number of methoxy groups -OCH3 is 1. The van der Waals surface area contributed by atoms with Crippen LogP contribution in [0.5, 0.6) is 5.75 Å². The fraction of sp³-hybridized carbons (Fsp3) is 0.529. The molecule has 0 aliphatic carbocycles. The van der Waals surface area contributed by atoms with Crippen molar-refractivity contribution in [3.8, 4) is 11.6 Å². The van der Waals surface area contributed by atoms with Crippen LogP contribution >= 0.6 is 0 Å². The van der Waals surface area contributed by atoms with Gasteiger partial charge in [-0.2, -0.15) is 9.61 Å². The molecular weight excluding hydrogens is 591 g/mol. The first-order chi connectivity index (χ1) is 21.9. The van der Waals surface area contributed by atoms with E-state index < -0.39 is 17.7 Å². The number of carbonyl (C=O) groups is 1. The highest BCUT2D eigenvalue weighted by molar-refractivity contribution is 5.80. The molecule has 0 radical (unpaired) electrons. The van der Waals surface area contributed by atoms with Gasteiger partial charge in [0.2, 0.25) is 0 Å². The third-order valence-corrected chi connectivity index (χ3v) is 8.60. The molecule has 0 amide bonds. The Labute approximate surface area is 268 Å². The molecule has 11 nitrogen and oxygen atoms in total. The van der Waals surface area contributed by atoms with Crippen LogP contribution in [0.2, 0.25) is 0 Å². The number of carbonyl (C=O) groups excluding carboxylic acids is 1. The molecule has 246 valence electrons. The van der Waals surface area contributed by atoms with Gasteiger partial charge < -0.3 is 23.8 Å². The Morgan fingerprint density at radius 3 is 2.63 bits per heavy atom. The predicted octanol–water partition coefficient (Wildman–Crippen LogP) is 5.53. The lowest BCUT2D eigenvalue weighted by atomic mass is 9.92. The zero-order valence-corrected chi connectivity index (χ0v) is 27.5. The second-order valence-electron chi connectivity index (χ2n) is 13.4. The molecule has 1 saturated heterocycles. The van der Waals surface area contributed by atoms with Gasteiger partial charge in [0.15, 0.2) is 17.6 Å². The van der Waals surface area contributed by atoms with Crippen LogP contribution in [0.1, 0.15) is 81.9 Å². The maximum atomic E-state index is 14.3. The maximum absolute atomic E-state index is 14.3. The summed E-state index contributed by atoms with van der Waals surface area (Å²) in [4.78, 5) is 20.4. The van der Waals surface area contributed by atoms with Gasteiger partial charge in [-0.15, -0.1) is 5.10 Å². The molecule has 1 aromatic carbocycles. The van der Waals surface area contributed by atoms with Crippen LogP contribution in [-0.4, -0.2) is 75.0 Å². The Kier molecular flexibility index (Phi) is 8.77. The number of anilines is 1. The van der Waals surface area contributed by atoms with Crippen molar-refractivity contribution >= 4 is 17.4 Å². The van der Waals surface area contributed by atoms with Gasteiger partial charge in [-0.3, -0.25) is 0 Å². The van der Waals surface area contributed by atoms with Crippen LogP contribution < -0.4 is 9.64 Å². The first-order valence-electron chi connectivity index (χ1n) is 15.9. The maximum Gasteiger partial charge on any atom is 0.339 e. The summed E-state index contributed by atoms with van der Waals surface area (Å²) in [6.45, 7) is 12.3. The lowest BCUT2D eigenvalue weighted by molar-refractivity contribution is -0.164. The van der Waals surface area contributed by atoms with Gasteiger partial charge in [-0.05, 0) is 84.1 Å². The highest BCUT2D eigenvalue weighted by Crippen LogP contribution is 2.38. The van der Waals surface area contributed by atoms with Gasteiger partial charge in [0, 0.05) is 49.6 Å². The van der Waals surface area contributed by atoms with Crippen molar-refractivity contribution in [2.24, 2.45) is 0 Å². The minimum atomic E-state index is -1.02. The molecule has 7 rings (SSSR count). The van der Waals surface area contributed by atoms with Crippen molar-refractivity contribution in [3.05, 3.63) is 64.9 Å². The van der Waals surface area contributed by atoms with Crippen molar-refractivity contribution in [2.75, 3.05) is 38.3 Å². The molecule has 6 heterocycles. The number of aryl methyl sites for hydroxylation is 1. The van der Waals surface area contributed by atoms with Crippen LogP contribution in [0, 0.1) is 12.7 Å². The molecule has 3 aliphatic rings. The number of nitrogens with zero attached hydrogens (tertiary/aromatic N) is 6. The number of fused-ring (bicyclic) bond motifs is 7. The van der Waals surface area contributed by atoms with Gasteiger partial charge >= 0.3 is 5.97 Å². The van der Waals surface area contributed by atoms with E-state index in [1.165, 1.54) is 19.2 Å². The van der Waals surface area contributed by atoms with Gasteiger partial charge in [-0.25, -0.2) is 18.9 Å². The number of piperidine rings is 1. The molecule has 6 bridgehead atoms. The summed E-state index contributed by atoms with van der Waals surface area (Å²) in [5.41, 5.74) is 2.57. The third-order valence-electron chi connectivity index (χ3n) is 8.60. The zero-order valence-electron chi connectivity index (χ0n) is 27.5. The number of hydrogen-bond acceptors (Lipinski definition) is 9.